The highest BCUT2D eigenvalue weighted by molar-refractivity contribution is 9.09. The molecule has 0 aromatic carbocycles. The molecule has 0 saturated carbocycles. The molecule has 0 unspecified atom stereocenters. The fraction of sp³-hybridized carbons (Fsp3) is 0.400. The molecule has 0 aliphatic heterocycles. The molecule has 0 radical (unpaired) electrons. The van der Waals surface area contributed by atoms with Crippen LogP contribution in [0.2, 0.25) is 0 Å². The van der Waals surface area contributed by atoms with Gasteiger partial charge in [0, 0.05) is 5.33 Å². The third-order valence-corrected chi connectivity index (χ3v) is 0.922. The lowest BCUT2D eigenvalue weighted by Gasteiger charge is -1.79. The fourth-order valence-electron chi connectivity index (χ4n) is 0.247. The van der Waals surface area contributed by atoms with Crippen molar-refractivity contribution in [3.8, 4) is 0 Å². The average Bonchev–Trinajstić information content (AvgIpc) is 1.66. The molecule has 0 aromatic heterocycles. The Morgan fingerprint density at radius 3 is 2.62 bits per heavy atom. The van der Waals surface area contributed by atoms with Crippen molar-refractivity contribution in [2.45, 2.75) is 6.42 Å². The number of halogens is 1. The number of aliphatic carboxylic acids is 1. The Labute approximate surface area is 56.3 Å². The summed E-state index contributed by atoms with van der Waals surface area (Å²) < 4.78 is 0. The molecule has 46 valence electrons. The van der Waals surface area contributed by atoms with E-state index in [4.69, 9.17) is 5.11 Å². The first-order chi connectivity index (χ1) is 3.77. The van der Waals surface area contributed by atoms with Gasteiger partial charge in [-0.1, -0.05) is 28.1 Å². The van der Waals surface area contributed by atoms with Gasteiger partial charge >= 0.3 is 5.97 Å². The molecular weight excluding hydrogens is 172 g/mol. The molecule has 3 heteroatoms. The van der Waals surface area contributed by atoms with Gasteiger partial charge in [0.25, 0.3) is 0 Å². The molecule has 2 nitrogen and oxygen atoms in total. The minimum Gasteiger partial charge on any atom is -0.481 e. The van der Waals surface area contributed by atoms with Gasteiger partial charge < -0.3 is 5.11 Å². The van der Waals surface area contributed by atoms with Gasteiger partial charge in [0.2, 0.25) is 0 Å². The Bertz CT molecular complexity index is 98.6. The second-order valence-electron chi connectivity index (χ2n) is 1.22. The Hall–Kier alpha value is -0.310. The number of alkyl halides is 1. The lowest BCUT2D eigenvalue weighted by Crippen LogP contribution is -1.89. The topological polar surface area (TPSA) is 37.3 Å². The summed E-state index contributed by atoms with van der Waals surface area (Å²) in [7, 11) is 0. The fourth-order valence-corrected chi connectivity index (χ4v) is 0.511. The lowest BCUT2D eigenvalue weighted by atomic mass is 10.4. The zero-order chi connectivity index (χ0) is 6.41. The van der Waals surface area contributed by atoms with Gasteiger partial charge in [0.15, 0.2) is 0 Å². The number of carboxylic acids is 1. The first-order valence-corrected chi connectivity index (χ1v) is 3.32. The Kier molecular flexibility index (Phi) is 4.65. The van der Waals surface area contributed by atoms with Crippen LogP contribution in [0, 0.1) is 0 Å². The standard InChI is InChI=1S/C5H7BrO2/c6-4-2-1-3-5(7)8/h1-2H,3-4H2,(H,7,8). The van der Waals surface area contributed by atoms with Gasteiger partial charge in [-0.3, -0.25) is 4.79 Å². The van der Waals surface area contributed by atoms with Gasteiger partial charge in [-0.25, -0.2) is 0 Å². The van der Waals surface area contributed by atoms with E-state index in [1.807, 2.05) is 0 Å². The number of carboxylic acid groups (broad SMARTS) is 1. The summed E-state index contributed by atoms with van der Waals surface area (Å²) in [6, 6.07) is 0. The van der Waals surface area contributed by atoms with E-state index >= 15 is 0 Å². The number of rotatable bonds is 3. The van der Waals surface area contributed by atoms with E-state index in [0.29, 0.717) is 0 Å². The van der Waals surface area contributed by atoms with Crippen molar-refractivity contribution in [3.63, 3.8) is 0 Å². The van der Waals surface area contributed by atoms with Crippen molar-refractivity contribution in [1.82, 2.24) is 0 Å². The molecule has 0 spiro atoms. The van der Waals surface area contributed by atoms with Crippen LogP contribution in [0.3, 0.4) is 0 Å². The van der Waals surface area contributed by atoms with E-state index in [0.717, 1.165) is 5.33 Å². The number of allylic oxidation sites excluding steroid dienone is 1. The second kappa shape index (κ2) is 4.84. The Balaban J connectivity index is 3.16. The highest BCUT2D eigenvalue weighted by atomic mass is 79.9. The summed E-state index contributed by atoms with van der Waals surface area (Å²) in [6.45, 7) is 0. The molecule has 8 heavy (non-hydrogen) atoms. The zero-order valence-corrected chi connectivity index (χ0v) is 5.89. The van der Waals surface area contributed by atoms with E-state index in [1.54, 1.807) is 12.2 Å². The maximum Gasteiger partial charge on any atom is 0.307 e. The van der Waals surface area contributed by atoms with E-state index in [2.05, 4.69) is 15.9 Å². The van der Waals surface area contributed by atoms with Gasteiger partial charge in [0.1, 0.15) is 0 Å². The normalized spacial score (nSPS) is 10.1. The number of hydrogen-bond acceptors (Lipinski definition) is 1. The average molecular weight is 179 g/mol. The van der Waals surface area contributed by atoms with Crippen LogP contribution in [0.25, 0.3) is 0 Å². The summed E-state index contributed by atoms with van der Waals surface area (Å²) in [5, 5.41) is 8.80. The first-order valence-electron chi connectivity index (χ1n) is 2.20. The van der Waals surface area contributed by atoms with Crippen molar-refractivity contribution in [3.05, 3.63) is 12.2 Å². The highest BCUT2D eigenvalue weighted by Gasteiger charge is 1.86. The molecule has 0 amide bonds. The van der Waals surface area contributed by atoms with Crippen LogP contribution >= 0.6 is 15.9 Å². The van der Waals surface area contributed by atoms with Crippen molar-refractivity contribution < 1.29 is 9.90 Å². The summed E-state index contributed by atoms with van der Waals surface area (Å²) in [6.07, 6.45) is 3.48. The van der Waals surface area contributed by atoms with Crippen LogP contribution in [-0.2, 0) is 4.79 Å². The van der Waals surface area contributed by atoms with E-state index in [9.17, 15) is 4.79 Å². The molecule has 0 rings (SSSR count). The van der Waals surface area contributed by atoms with Crippen LogP contribution in [0.4, 0.5) is 0 Å². The SMILES string of the molecule is O=C(O)CC=CCBr. The lowest BCUT2D eigenvalue weighted by molar-refractivity contribution is -0.135. The van der Waals surface area contributed by atoms with E-state index in [-0.39, 0.29) is 6.42 Å². The first kappa shape index (κ1) is 7.69. The molecule has 0 saturated heterocycles. The molecular formula is C5H7BrO2. The minimum atomic E-state index is -0.790. The van der Waals surface area contributed by atoms with Gasteiger partial charge in [-0.15, -0.1) is 0 Å². The van der Waals surface area contributed by atoms with Crippen LogP contribution in [0.5, 0.6) is 0 Å². The minimum absolute atomic E-state index is 0.117. The summed E-state index contributed by atoms with van der Waals surface area (Å²) in [5.41, 5.74) is 0. The van der Waals surface area contributed by atoms with Crippen LogP contribution < -0.4 is 0 Å². The van der Waals surface area contributed by atoms with E-state index in [1.165, 1.54) is 0 Å². The Morgan fingerprint density at radius 1 is 1.62 bits per heavy atom. The third-order valence-electron chi connectivity index (χ3n) is 0.548. The van der Waals surface area contributed by atoms with E-state index < -0.39 is 5.97 Å². The molecule has 0 aromatic rings. The quantitative estimate of drug-likeness (QED) is 0.525. The van der Waals surface area contributed by atoms with Crippen molar-refractivity contribution in [2.24, 2.45) is 0 Å². The van der Waals surface area contributed by atoms with Gasteiger partial charge in [-0.05, 0) is 0 Å². The molecule has 0 heterocycles. The number of hydrogen-bond donors (Lipinski definition) is 1. The van der Waals surface area contributed by atoms with Gasteiger partial charge in [-0.2, -0.15) is 0 Å². The maximum absolute atomic E-state index is 9.81. The summed E-state index contributed by atoms with van der Waals surface area (Å²) >= 11 is 3.12. The smallest absolute Gasteiger partial charge is 0.307 e. The van der Waals surface area contributed by atoms with Crippen molar-refractivity contribution >= 4 is 21.9 Å². The number of carbonyl (C=O) groups is 1. The molecule has 0 fully saturated rings. The predicted octanol–water partition coefficient (Wildman–Crippen LogP) is 1.41. The zero-order valence-electron chi connectivity index (χ0n) is 4.30. The third kappa shape index (κ3) is 5.69. The molecule has 0 aliphatic rings. The molecule has 0 bridgehead atoms. The summed E-state index contributed by atoms with van der Waals surface area (Å²) in [5.74, 6) is -0.790. The highest BCUT2D eigenvalue weighted by Crippen LogP contribution is 1.85. The van der Waals surface area contributed by atoms with Crippen molar-refractivity contribution in [2.75, 3.05) is 5.33 Å². The molecule has 0 aliphatic carbocycles. The van der Waals surface area contributed by atoms with Crippen LogP contribution in [-0.4, -0.2) is 16.4 Å². The molecule has 0 atom stereocenters. The predicted molar refractivity (Wildman–Crippen MR) is 35.2 cm³/mol. The van der Waals surface area contributed by atoms with Gasteiger partial charge in [0.05, 0.1) is 6.42 Å². The Morgan fingerprint density at radius 2 is 2.25 bits per heavy atom. The van der Waals surface area contributed by atoms with Crippen molar-refractivity contribution in [1.29, 1.82) is 0 Å². The summed E-state index contributed by atoms with van der Waals surface area (Å²) in [4.78, 5) is 9.81. The largest absolute Gasteiger partial charge is 0.481 e. The molecule has 1 N–H and O–H groups in total. The second-order valence-corrected chi connectivity index (χ2v) is 1.87. The monoisotopic (exact) mass is 178 g/mol. The van der Waals surface area contributed by atoms with Crippen LogP contribution in [0.1, 0.15) is 6.42 Å². The maximum atomic E-state index is 9.81. The van der Waals surface area contributed by atoms with Crippen LogP contribution in [0.15, 0.2) is 12.2 Å².